The lowest BCUT2D eigenvalue weighted by Gasteiger charge is -2.30. The molecule has 1 aromatic carbocycles. The first-order chi connectivity index (χ1) is 13.4. The Bertz CT molecular complexity index is 1070. The molecular formula is C18H16Cl2N6O2. The third-order valence-electron chi connectivity index (χ3n) is 4.51. The van der Waals surface area contributed by atoms with Crippen LogP contribution in [0.5, 0.6) is 0 Å². The number of carbonyl (C=O) groups excluding carboxylic acids is 2. The number of carbonyl (C=O) groups is 2. The van der Waals surface area contributed by atoms with E-state index < -0.39 is 5.91 Å². The lowest BCUT2D eigenvalue weighted by molar-refractivity contribution is 0.0648. The SMILES string of the molecule is Cn1ncc(C(=O)N2CCC2)c1C(=O)Nc1ccn(-c2ccc(Cl)cc2Cl)n1. The average molecular weight is 419 g/mol. The van der Waals surface area contributed by atoms with Gasteiger partial charge in [0, 0.05) is 37.4 Å². The summed E-state index contributed by atoms with van der Waals surface area (Å²) in [5.41, 5.74) is 1.09. The number of aromatic nitrogens is 4. The normalized spacial score (nSPS) is 13.3. The molecule has 0 saturated carbocycles. The molecule has 1 N–H and O–H groups in total. The molecule has 3 aromatic rings. The molecule has 0 radical (unpaired) electrons. The number of hydrogen-bond acceptors (Lipinski definition) is 4. The van der Waals surface area contributed by atoms with Crippen molar-refractivity contribution >= 4 is 40.8 Å². The van der Waals surface area contributed by atoms with Crippen molar-refractivity contribution in [2.45, 2.75) is 6.42 Å². The zero-order valence-corrected chi connectivity index (χ0v) is 16.4. The summed E-state index contributed by atoms with van der Waals surface area (Å²) in [6.07, 6.45) is 4.06. The molecule has 3 heterocycles. The standard InChI is InChI=1S/C18H16Cl2N6O2/c1-24-16(12(10-21-24)18(28)25-6-2-7-25)17(27)22-15-5-8-26(23-15)14-4-3-11(19)9-13(14)20/h3-5,8-10H,2,6-7H2,1H3,(H,22,23,27). The number of likely N-dealkylation sites (tertiary alicyclic amines) is 1. The largest absolute Gasteiger partial charge is 0.338 e. The molecule has 2 amide bonds. The summed E-state index contributed by atoms with van der Waals surface area (Å²) in [6.45, 7) is 1.39. The van der Waals surface area contributed by atoms with Gasteiger partial charge >= 0.3 is 0 Å². The first-order valence-corrected chi connectivity index (χ1v) is 9.33. The summed E-state index contributed by atoms with van der Waals surface area (Å²) >= 11 is 12.1. The highest BCUT2D eigenvalue weighted by atomic mass is 35.5. The zero-order valence-electron chi connectivity index (χ0n) is 14.9. The van der Waals surface area contributed by atoms with Crippen LogP contribution in [0.4, 0.5) is 5.82 Å². The van der Waals surface area contributed by atoms with Crippen molar-refractivity contribution < 1.29 is 9.59 Å². The van der Waals surface area contributed by atoms with E-state index in [-0.39, 0.29) is 17.2 Å². The van der Waals surface area contributed by atoms with Gasteiger partial charge < -0.3 is 10.2 Å². The number of benzene rings is 1. The molecule has 2 aromatic heterocycles. The van der Waals surface area contributed by atoms with E-state index in [0.717, 1.165) is 6.42 Å². The predicted molar refractivity (Wildman–Crippen MR) is 105 cm³/mol. The zero-order chi connectivity index (χ0) is 19.8. The summed E-state index contributed by atoms with van der Waals surface area (Å²) in [5.74, 6) is -0.334. The van der Waals surface area contributed by atoms with E-state index in [1.807, 2.05) is 0 Å². The van der Waals surface area contributed by atoms with Crippen molar-refractivity contribution in [1.82, 2.24) is 24.5 Å². The molecular weight excluding hydrogens is 403 g/mol. The monoisotopic (exact) mass is 418 g/mol. The fourth-order valence-corrected chi connectivity index (χ4v) is 3.42. The van der Waals surface area contributed by atoms with Crippen LogP contribution in [0.1, 0.15) is 27.3 Å². The van der Waals surface area contributed by atoms with E-state index in [1.165, 1.54) is 15.6 Å². The van der Waals surface area contributed by atoms with Crippen molar-refractivity contribution in [2.24, 2.45) is 7.05 Å². The molecule has 28 heavy (non-hydrogen) atoms. The highest BCUT2D eigenvalue weighted by Gasteiger charge is 2.28. The van der Waals surface area contributed by atoms with Crippen LogP contribution in [0.15, 0.2) is 36.7 Å². The van der Waals surface area contributed by atoms with Gasteiger partial charge in [0.25, 0.3) is 11.8 Å². The highest BCUT2D eigenvalue weighted by Crippen LogP contribution is 2.24. The first kappa shape index (κ1) is 18.5. The van der Waals surface area contributed by atoms with Crippen LogP contribution >= 0.6 is 23.2 Å². The van der Waals surface area contributed by atoms with Gasteiger partial charge in [-0.3, -0.25) is 14.3 Å². The number of aryl methyl sites for hydroxylation is 1. The Balaban J connectivity index is 1.56. The minimum Gasteiger partial charge on any atom is -0.338 e. The summed E-state index contributed by atoms with van der Waals surface area (Å²) < 4.78 is 2.92. The summed E-state index contributed by atoms with van der Waals surface area (Å²) in [7, 11) is 1.62. The van der Waals surface area contributed by atoms with E-state index in [9.17, 15) is 9.59 Å². The predicted octanol–water partition coefficient (Wildman–Crippen LogP) is 3.01. The van der Waals surface area contributed by atoms with Gasteiger partial charge in [-0.15, -0.1) is 5.10 Å². The molecule has 0 bridgehead atoms. The van der Waals surface area contributed by atoms with E-state index in [4.69, 9.17) is 23.2 Å². The van der Waals surface area contributed by atoms with E-state index in [2.05, 4.69) is 15.5 Å². The Kier molecular flexibility index (Phi) is 4.82. The second-order valence-corrected chi connectivity index (χ2v) is 7.22. The minimum atomic E-state index is -0.462. The van der Waals surface area contributed by atoms with Crippen LogP contribution in [0, 0.1) is 0 Å². The molecule has 10 heteroatoms. The van der Waals surface area contributed by atoms with Crippen molar-refractivity contribution in [3.8, 4) is 5.69 Å². The van der Waals surface area contributed by atoms with Crippen molar-refractivity contribution in [2.75, 3.05) is 18.4 Å². The Morgan fingerprint density at radius 2 is 1.96 bits per heavy atom. The van der Waals surface area contributed by atoms with Gasteiger partial charge in [-0.25, -0.2) is 4.68 Å². The maximum absolute atomic E-state index is 12.8. The Hall–Kier alpha value is -2.84. The fraction of sp³-hybridized carbons (Fsp3) is 0.222. The van der Waals surface area contributed by atoms with Crippen molar-refractivity contribution in [3.05, 3.63) is 58.0 Å². The maximum Gasteiger partial charge on any atom is 0.275 e. The van der Waals surface area contributed by atoms with Gasteiger partial charge in [0.2, 0.25) is 0 Å². The molecule has 0 unspecified atom stereocenters. The smallest absolute Gasteiger partial charge is 0.275 e. The molecule has 8 nitrogen and oxygen atoms in total. The third-order valence-corrected chi connectivity index (χ3v) is 5.05. The van der Waals surface area contributed by atoms with Crippen LogP contribution in [0.25, 0.3) is 5.69 Å². The molecule has 0 atom stereocenters. The van der Waals surface area contributed by atoms with Gasteiger partial charge in [0.05, 0.1) is 22.5 Å². The maximum atomic E-state index is 12.8. The van der Waals surface area contributed by atoms with Crippen LogP contribution in [0.2, 0.25) is 10.0 Å². The summed E-state index contributed by atoms with van der Waals surface area (Å²) in [6, 6.07) is 6.68. The third kappa shape index (κ3) is 3.36. The Labute approximate surface area is 170 Å². The van der Waals surface area contributed by atoms with Crippen LogP contribution < -0.4 is 5.32 Å². The lowest BCUT2D eigenvalue weighted by atomic mass is 10.1. The Morgan fingerprint density at radius 1 is 1.18 bits per heavy atom. The summed E-state index contributed by atoms with van der Waals surface area (Å²) in [4.78, 5) is 27.0. The number of amides is 2. The number of rotatable bonds is 4. The second kappa shape index (κ2) is 7.29. The summed E-state index contributed by atoms with van der Waals surface area (Å²) in [5, 5.41) is 12.0. The fourth-order valence-electron chi connectivity index (χ4n) is 2.92. The van der Waals surface area contributed by atoms with Crippen LogP contribution in [-0.2, 0) is 7.05 Å². The first-order valence-electron chi connectivity index (χ1n) is 8.58. The van der Waals surface area contributed by atoms with Gasteiger partial charge in [0.15, 0.2) is 5.82 Å². The quantitative estimate of drug-likeness (QED) is 0.705. The molecule has 1 aliphatic rings. The molecule has 4 rings (SSSR count). The molecule has 1 saturated heterocycles. The molecule has 0 spiro atoms. The topological polar surface area (TPSA) is 85.0 Å². The molecule has 0 aliphatic carbocycles. The van der Waals surface area contributed by atoms with Crippen LogP contribution in [0.3, 0.4) is 0 Å². The number of nitrogens with zero attached hydrogens (tertiary/aromatic N) is 5. The van der Waals surface area contributed by atoms with Gasteiger partial charge in [-0.05, 0) is 24.6 Å². The van der Waals surface area contributed by atoms with E-state index in [0.29, 0.717) is 34.6 Å². The molecule has 1 aliphatic heterocycles. The van der Waals surface area contributed by atoms with Crippen LogP contribution in [-0.4, -0.2) is 49.4 Å². The molecule has 144 valence electrons. The Morgan fingerprint density at radius 3 is 2.64 bits per heavy atom. The average Bonchev–Trinajstić information content (AvgIpc) is 3.20. The number of anilines is 1. The molecule has 1 fully saturated rings. The number of halogens is 2. The number of hydrogen-bond donors (Lipinski definition) is 1. The van der Waals surface area contributed by atoms with Crippen molar-refractivity contribution in [1.29, 1.82) is 0 Å². The van der Waals surface area contributed by atoms with E-state index in [1.54, 1.807) is 42.4 Å². The van der Waals surface area contributed by atoms with Gasteiger partial charge in [-0.1, -0.05) is 23.2 Å². The van der Waals surface area contributed by atoms with E-state index >= 15 is 0 Å². The van der Waals surface area contributed by atoms with Gasteiger partial charge in [0.1, 0.15) is 5.69 Å². The van der Waals surface area contributed by atoms with Crippen molar-refractivity contribution in [3.63, 3.8) is 0 Å². The second-order valence-electron chi connectivity index (χ2n) is 6.37. The minimum absolute atomic E-state index is 0.191. The van der Waals surface area contributed by atoms with Gasteiger partial charge in [-0.2, -0.15) is 5.10 Å². The lowest BCUT2D eigenvalue weighted by Crippen LogP contribution is -2.42. The number of nitrogens with one attached hydrogen (secondary N) is 1. The highest BCUT2D eigenvalue weighted by molar-refractivity contribution is 6.35.